The van der Waals surface area contributed by atoms with E-state index in [1.807, 2.05) is 6.92 Å². The molecule has 4 aliphatic rings. The topological polar surface area (TPSA) is 153 Å². The molecule has 1 aromatic heterocycles. The molecule has 4 heterocycles. The highest BCUT2D eigenvalue weighted by molar-refractivity contribution is 6.23. The van der Waals surface area contributed by atoms with Crippen molar-refractivity contribution < 1.29 is 48.4 Å². The van der Waals surface area contributed by atoms with Gasteiger partial charge in [0.25, 0.3) is 0 Å². The number of fused-ring (bicyclic) bond motifs is 8. The first-order valence-corrected chi connectivity index (χ1v) is 12.1. The average Bonchev–Trinajstić information content (AvgIpc) is 3.26. The molecule has 0 amide bonds. The second-order valence-corrected chi connectivity index (χ2v) is 9.87. The lowest BCUT2D eigenvalue weighted by Crippen LogP contribution is -2.63. The number of cyclic esters (lactones) is 1. The summed E-state index contributed by atoms with van der Waals surface area (Å²) in [4.78, 5) is 39.5. The van der Waals surface area contributed by atoms with Crippen LogP contribution in [0.25, 0.3) is 11.1 Å². The molecule has 1 aromatic carbocycles. The van der Waals surface area contributed by atoms with Gasteiger partial charge >= 0.3 is 5.97 Å². The summed E-state index contributed by atoms with van der Waals surface area (Å²) in [6.45, 7) is 5.15. The van der Waals surface area contributed by atoms with Crippen molar-refractivity contribution in [1.82, 2.24) is 0 Å². The number of aromatic nitrogens is 1. The number of rotatable bonds is 2. The Balaban J connectivity index is 1.63. The lowest BCUT2D eigenvalue weighted by molar-refractivity contribution is -0.709. The van der Waals surface area contributed by atoms with E-state index in [1.54, 1.807) is 24.5 Å². The fourth-order valence-corrected chi connectivity index (χ4v) is 6.12. The number of hydrogen-bond acceptors (Lipinski definition) is 10. The predicted octanol–water partition coefficient (Wildman–Crippen LogP) is 0.268. The normalized spacial score (nSPS) is 31.0. The third-order valence-electron chi connectivity index (χ3n) is 7.86. The maximum Gasteiger partial charge on any atom is 0.373 e. The van der Waals surface area contributed by atoms with Crippen LogP contribution in [0.3, 0.4) is 0 Å². The summed E-state index contributed by atoms with van der Waals surface area (Å²) in [6.07, 6.45) is -5.06. The lowest BCUT2D eigenvalue weighted by Gasteiger charge is -2.44. The zero-order chi connectivity index (χ0) is 26.5. The summed E-state index contributed by atoms with van der Waals surface area (Å²) in [7, 11) is 1.33. The van der Waals surface area contributed by atoms with Crippen molar-refractivity contribution in [2.75, 3.05) is 7.11 Å². The first kappa shape index (κ1) is 24.0. The molecule has 194 valence electrons. The highest BCUT2D eigenvalue weighted by Crippen LogP contribution is 2.54. The predicted molar refractivity (Wildman–Crippen MR) is 123 cm³/mol. The SMILES string of the molecule is CCC1OC(=O)C[n+]2c(C)cc3c(c21)C(=O)c1cc(=O)c2c(c(O)c1-3)OC1OC(C)C(OC)C(O)C21O. The van der Waals surface area contributed by atoms with Crippen LogP contribution in [0.15, 0.2) is 16.9 Å². The van der Waals surface area contributed by atoms with Crippen LogP contribution in [-0.4, -0.2) is 58.8 Å². The van der Waals surface area contributed by atoms with Crippen LogP contribution in [0, 0.1) is 6.92 Å². The van der Waals surface area contributed by atoms with Gasteiger partial charge in [-0.25, -0.2) is 4.79 Å². The second kappa shape index (κ2) is 7.81. The smallest absolute Gasteiger partial charge is 0.373 e. The molecule has 0 saturated carbocycles. The summed E-state index contributed by atoms with van der Waals surface area (Å²) in [5.74, 6) is -1.86. The number of esters is 1. The molecule has 0 spiro atoms. The number of aliphatic hydroxyl groups is 2. The van der Waals surface area contributed by atoms with Gasteiger partial charge in [-0.3, -0.25) is 9.59 Å². The van der Waals surface area contributed by atoms with Crippen molar-refractivity contribution in [3.05, 3.63) is 50.4 Å². The molecule has 1 saturated heterocycles. The number of ketones is 1. The molecule has 6 atom stereocenters. The largest absolute Gasteiger partial charge is 0.504 e. The van der Waals surface area contributed by atoms with Gasteiger partial charge < -0.3 is 34.3 Å². The number of carbonyl (C=O) groups excluding carboxylic acids is 2. The van der Waals surface area contributed by atoms with Crippen molar-refractivity contribution >= 4 is 11.8 Å². The number of pyridine rings is 1. The Morgan fingerprint density at radius 3 is 2.57 bits per heavy atom. The van der Waals surface area contributed by atoms with E-state index in [1.165, 1.54) is 7.11 Å². The van der Waals surface area contributed by atoms with E-state index in [2.05, 4.69) is 0 Å². The maximum absolute atomic E-state index is 13.8. The van der Waals surface area contributed by atoms with Crippen LogP contribution in [0.1, 0.15) is 59.2 Å². The number of aromatic hydroxyl groups is 1. The van der Waals surface area contributed by atoms with Gasteiger partial charge in [-0.05, 0) is 19.4 Å². The number of ether oxygens (including phenoxy) is 4. The van der Waals surface area contributed by atoms with Crippen molar-refractivity contribution in [3.8, 4) is 22.6 Å². The van der Waals surface area contributed by atoms with Crippen LogP contribution >= 0.6 is 0 Å². The molecule has 6 rings (SSSR count). The monoisotopic (exact) mass is 512 g/mol. The van der Waals surface area contributed by atoms with Crippen LogP contribution in [0.4, 0.5) is 0 Å². The zero-order valence-corrected chi connectivity index (χ0v) is 20.6. The Labute approximate surface area is 210 Å². The van der Waals surface area contributed by atoms with Gasteiger partial charge in [0.15, 0.2) is 34.3 Å². The van der Waals surface area contributed by atoms with Crippen molar-refractivity contribution in [2.24, 2.45) is 0 Å². The lowest BCUT2D eigenvalue weighted by atomic mass is 9.82. The van der Waals surface area contributed by atoms with Crippen LogP contribution in [-0.2, 0) is 31.2 Å². The highest BCUT2D eigenvalue weighted by atomic mass is 16.7. The van der Waals surface area contributed by atoms with Crippen LogP contribution < -0.4 is 14.7 Å². The van der Waals surface area contributed by atoms with Gasteiger partial charge in [0.05, 0.1) is 11.7 Å². The number of aliphatic hydroxyl groups excluding tert-OH is 1. The highest BCUT2D eigenvalue weighted by Gasteiger charge is 2.63. The molecule has 0 radical (unpaired) electrons. The zero-order valence-electron chi connectivity index (χ0n) is 20.6. The molecule has 11 heteroatoms. The standard InChI is InChI=1S/C26H25NO10/c1-5-14-19-17-11(6-9(2)27(19)8-15(29)36-14)16-12(20(17)30)7-13(28)18-23(21(16)31)37-25-26(18,33)24(32)22(34-4)10(3)35-25/h6-7,10,14,22,24-25,32-33H,5,8H2,1-4H3/p+1. The van der Waals surface area contributed by atoms with Crippen molar-refractivity contribution in [1.29, 1.82) is 0 Å². The number of carbonyl (C=O) groups is 2. The van der Waals surface area contributed by atoms with Gasteiger partial charge in [-0.15, -0.1) is 0 Å². The summed E-state index contributed by atoms with van der Waals surface area (Å²) in [6, 6.07) is 2.70. The molecule has 37 heavy (non-hydrogen) atoms. The molecule has 1 fully saturated rings. The molecule has 11 nitrogen and oxygen atoms in total. The van der Waals surface area contributed by atoms with Gasteiger partial charge in [-0.1, -0.05) is 6.92 Å². The maximum atomic E-state index is 13.8. The third kappa shape index (κ3) is 2.90. The Hall–Kier alpha value is -3.38. The summed E-state index contributed by atoms with van der Waals surface area (Å²) < 4.78 is 24.0. The minimum Gasteiger partial charge on any atom is -0.504 e. The Bertz CT molecular complexity index is 1470. The van der Waals surface area contributed by atoms with Gasteiger partial charge in [-0.2, -0.15) is 4.57 Å². The third-order valence-corrected chi connectivity index (χ3v) is 7.86. The number of hydrogen-bond donors (Lipinski definition) is 3. The van der Waals surface area contributed by atoms with Gasteiger partial charge in [0.2, 0.25) is 24.3 Å². The second-order valence-electron chi connectivity index (χ2n) is 9.87. The van der Waals surface area contributed by atoms with E-state index < -0.39 is 64.8 Å². The summed E-state index contributed by atoms with van der Waals surface area (Å²) in [5.41, 5.74) is -1.88. The molecule has 2 aromatic rings. The van der Waals surface area contributed by atoms with Crippen molar-refractivity contribution in [2.45, 2.75) is 70.0 Å². The summed E-state index contributed by atoms with van der Waals surface area (Å²) >= 11 is 0. The van der Waals surface area contributed by atoms with E-state index in [9.17, 15) is 29.7 Å². The molecule has 6 unspecified atom stereocenters. The Morgan fingerprint density at radius 1 is 1.16 bits per heavy atom. The van der Waals surface area contributed by atoms with Gasteiger partial charge in [0.1, 0.15) is 17.8 Å². The van der Waals surface area contributed by atoms with E-state index in [4.69, 9.17) is 18.9 Å². The first-order valence-electron chi connectivity index (χ1n) is 12.1. The fourth-order valence-electron chi connectivity index (χ4n) is 6.12. The van der Waals surface area contributed by atoms with E-state index >= 15 is 0 Å². The molecular formula is C26H26NO10+. The number of nitrogens with zero attached hydrogens (tertiary/aromatic N) is 1. The molecular weight excluding hydrogens is 486 g/mol. The Kier molecular flexibility index (Phi) is 5.06. The summed E-state index contributed by atoms with van der Waals surface area (Å²) in [5, 5.41) is 34.1. The quantitative estimate of drug-likeness (QED) is 0.322. The fraction of sp³-hybridized carbons (Fsp3) is 0.462. The molecule has 3 N–H and O–H groups in total. The first-order chi connectivity index (χ1) is 17.5. The average molecular weight is 512 g/mol. The van der Waals surface area contributed by atoms with Crippen molar-refractivity contribution in [3.63, 3.8) is 0 Å². The van der Waals surface area contributed by atoms with Crippen LogP contribution in [0.2, 0.25) is 0 Å². The van der Waals surface area contributed by atoms with E-state index in [0.717, 1.165) is 6.07 Å². The van der Waals surface area contributed by atoms with Crippen LogP contribution in [0.5, 0.6) is 11.5 Å². The minimum absolute atomic E-state index is 0.0599. The Morgan fingerprint density at radius 2 is 1.89 bits per heavy atom. The molecule has 1 aliphatic carbocycles. The minimum atomic E-state index is -2.35. The number of aryl methyl sites for hydroxylation is 1. The van der Waals surface area contributed by atoms with E-state index in [-0.39, 0.29) is 29.0 Å². The van der Waals surface area contributed by atoms with Gasteiger partial charge in [0, 0.05) is 36.8 Å². The number of methoxy groups -OCH3 is 1. The molecule has 3 aliphatic heterocycles. The molecule has 0 bridgehead atoms. The van der Waals surface area contributed by atoms with E-state index in [0.29, 0.717) is 23.4 Å².